The molecule has 0 aromatic rings. The minimum atomic E-state index is -4.95. The molecule has 0 bridgehead atoms. The third-order valence-electron chi connectivity index (χ3n) is 15.7. The predicted molar refractivity (Wildman–Crippen MR) is 344 cm³/mol. The number of aliphatic hydroxyl groups excluding tert-OH is 1. The van der Waals surface area contributed by atoms with E-state index >= 15 is 0 Å². The minimum absolute atomic E-state index is 0.101. The molecule has 0 fully saturated rings. The van der Waals surface area contributed by atoms with Crippen LogP contribution < -0.4 is 0 Å². The van der Waals surface area contributed by atoms with Crippen LogP contribution in [0.25, 0.3) is 0 Å². The summed E-state index contributed by atoms with van der Waals surface area (Å²) in [4.78, 5) is 72.3. The van der Waals surface area contributed by atoms with E-state index in [1.54, 1.807) is 0 Å². The van der Waals surface area contributed by atoms with Gasteiger partial charge in [0.1, 0.15) is 19.3 Å². The van der Waals surface area contributed by atoms with Crippen LogP contribution in [0.1, 0.15) is 325 Å². The average Bonchev–Trinajstić information content (AvgIpc) is 3.51. The maximum atomic E-state index is 13.0. The molecule has 3 N–H and O–H groups in total. The van der Waals surface area contributed by atoms with E-state index in [1.807, 2.05) is 0 Å². The van der Waals surface area contributed by atoms with Gasteiger partial charge in [0, 0.05) is 25.7 Å². The Kier molecular flexibility index (Phi) is 55.7. The molecule has 510 valence electrons. The Bertz CT molecular complexity index is 1720. The number of carbonyl (C=O) groups is 4. The number of unbranched alkanes of at least 4 members (excludes halogenated alkanes) is 29. The van der Waals surface area contributed by atoms with Crippen LogP contribution in [0.3, 0.4) is 0 Å². The second-order valence-electron chi connectivity index (χ2n) is 25.9. The highest BCUT2D eigenvalue weighted by Gasteiger charge is 2.30. The van der Waals surface area contributed by atoms with Gasteiger partial charge in [-0.05, 0) is 49.4 Å². The molecule has 0 aliphatic rings. The number of carbonyl (C=O) groups excluding carboxylic acids is 4. The molecule has 0 saturated heterocycles. The highest BCUT2D eigenvalue weighted by atomic mass is 31.2. The number of hydrogen-bond acceptors (Lipinski definition) is 15. The van der Waals surface area contributed by atoms with Gasteiger partial charge in [-0.1, -0.05) is 274 Å². The summed E-state index contributed by atoms with van der Waals surface area (Å²) in [6, 6.07) is 0. The van der Waals surface area contributed by atoms with E-state index in [-0.39, 0.29) is 25.7 Å². The summed E-state index contributed by atoms with van der Waals surface area (Å²) in [5, 5.41) is 10.6. The van der Waals surface area contributed by atoms with Gasteiger partial charge >= 0.3 is 39.5 Å². The van der Waals surface area contributed by atoms with Crippen molar-refractivity contribution in [1.82, 2.24) is 0 Å². The molecule has 6 atom stereocenters. The standard InChI is InChI=1S/C67H130O17P2/c1-9-60(8)46-38-30-21-16-17-23-33-41-49-66(71)83-62(53-77-64(69)47-39-31-22-15-13-11-10-12-14-19-27-35-43-57(2)3)55-81-85(73,74)79-51-61(68)52-80-86(75,76)82-56-63(84-67(72)50-42-34-26-25-29-37-45-59(6)7)54-78-65(70)48-40-32-24-18-20-28-36-44-58(4)5/h57-63,68H,9-56H2,1-8H3,(H,73,74)(H,75,76)/t60?,61?,62-,63-/m1/s1. The summed E-state index contributed by atoms with van der Waals surface area (Å²) >= 11 is 0. The summed E-state index contributed by atoms with van der Waals surface area (Å²) in [7, 11) is -9.89. The summed E-state index contributed by atoms with van der Waals surface area (Å²) in [5.41, 5.74) is 0. The summed E-state index contributed by atoms with van der Waals surface area (Å²) in [5.74, 6) is 0.786. The van der Waals surface area contributed by atoms with Crippen molar-refractivity contribution in [2.45, 2.75) is 343 Å². The molecule has 0 saturated carbocycles. The van der Waals surface area contributed by atoms with E-state index in [4.69, 9.17) is 37.0 Å². The maximum absolute atomic E-state index is 13.0. The van der Waals surface area contributed by atoms with Crippen molar-refractivity contribution < 1.29 is 80.2 Å². The lowest BCUT2D eigenvalue weighted by Crippen LogP contribution is -2.30. The second kappa shape index (κ2) is 57.0. The van der Waals surface area contributed by atoms with Gasteiger partial charge in [0.2, 0.25) is 0 Å². The highest BCUT2D eigenvalue weighted by Crippen LogP contribution is 2.45. The van der Waals surface area contributed by atoms with Crippen molar-refractivity contribution in [3.05, 3.63) is 0 Å². The summed E-state index contributed by atoms with van der Waals surface area (Å²) < 4.78 is 68.1. The van der Waals surface area contributed by atoms with Gasteiger partial charge in [0.05, 0.1) is 26.4 Å². The lowest BCUT2D eigenvalue weighted by Gasteiger charge is -2.21. The largest absolute Gasteiger partial charge is 0.472 e. The number of rotatable bonds is 64. The fourth-order valence-electron chi connectivity index (χ4n) is 9.93. The highest BCUT2D eigenvalue weighted by molar-refractivity contribution is 7.47. The zero-order chi connectivity index (χ0) is 63.9. The monoisotopic (exact) mass is 1270 g/mol. The van der Waals surface area contributed by atoms with Crippen molar-refractivity contribution >= 4 is 39.5 Å². The van der Waals surface area contributed by atoms with Crippen LogP contribution in [-0.4, -0.2) is 96.7 Å². The topological polar surface area (TPSA) is 237 Å². The fraction of sp³-hybridized carbons (Fsp3) is 0.940. The molecule has 86 heavy (non-hydrogen) atoms. The van der Waals surface area contributed by atoms with E-state index in [0.29, 0.717) is 37.5 Å². The van der Waals surface area contributed by atoms with Crippen molar-refractivity contribution in [1.29, 1.82) is 0 Å². The van der Waals surface area contributed by atoms with Crippen molar-refractivity contribution in [3.63, 3.8) is 0 Å². The lowest BCUT2D eigenvalue weighted by atomic mass is 9.99. The van der Waals surface area contributed by atoms with Gasteiger partial charge in [-0.25, -0.2) is 9.13 Å². The SMILES string of the molecule is CCC(C)CCCCCCCCCCC(=O)O[C@H](COC(=O)CCCCCCCCCCCCCCC(C)C)COP(=O)(O)OCC(O)COP(=O)(O)OC[C@@H](COC(=O)CCCCCCCCCC(C)C)OC(=O)CCCCCCCCC(C)C. The van der Waals surface area contributed by atoms with Gasteiger partial charge in [-0.3, -0.25) is 37.3 Å². The van der Waals surface area contributed by atoms with Gasteiger partial charge in [-0.15, -0.1) is 0 Å². The molecule has 0 radical (unpaired) electrons. The van der Waals surface area contributed by atoms with Crippen LogP contribution >= 0.6 is 15.6 Å². The Morgan fingerprint density at radius 3 is 0.826 bits per heavy atom. The smallest absolute Gasteiger partial charge is 0.462 e. The van der Waals surface area contributed by atoms with Crippen molar-refractivity contribution in [3.8, 4) is 0 Å². The molecule has 0 aromatic heterocycles. The number of hydrogen-bond donors (Lipinski definition) is 3. The molecule has 4 unspecified atom stereocenters. The molecule has 0 aromatic carbocycles. The first kappa shape index (κ1) is 84.1. The molecular formula is C67H130O17P2. The third-order valence-corrected chi connectivity index (χ3v) is 17.6. The van der Waals surface area contributed by atoms with Crippen LogP contribution in [0.5, 0.6) is 0 Å². The van der Waals surface area contributed by atoms with E-state index in [9.17, 15) is 43.2 Å². The zero-order valence-corrected chi connectivity index (χ0v) is 57.7. The van der Waals surface area contributed by atoms with E-state index in [0.717, 1.165) is 108 Å². The lowest BCUT2D eigenvalue weighted by molar-refractivity contribution is -0.161. The Hall–Kier alpha value is -1.94. The molecule has 0 heterocycles. The second-order valence-corrected chi connectivity index (χ2v) is 28.8. The summed E-state index contributed by atoms with van der Waals surface area (Å²) in [6.45, 7) is 14.0. The molecule has 17 nitrogen and oxygen atoms in total. The number of esters is 4. The van der Waals surface area contributed by atoms with Crippen LogP contribution in [0.2, 0.25) is 0 Å². The van der Waals surface area contributed by atoms with Gasteiger partial charge in [0.15, 0.2) is 12.2 Å². The quantitative estimate of drug-likeness (QED) is 0.0222. The van der Waals surface area contributed by atoms with Gasteiger partial charge in [0.25, 0.3) is 0 Å². The Morgan fingerprint density at radius 1 is 0.326 bits per heavy atom. The number of aliphatic hydroxyl groups is 1. The van der Waals surface area contributed by atoms with Crippen LogP contribution in [-0.2, 0) is 65.4 Å². The molecule has 0 amide bonds. The van der Waals surface area contributed by atoms with Gasteiger partial charge < -0.3 is 33.8 Å². The van der Waals surface area contributed by atoms with Crippen LogP contribution in [0, 0.1) is 23.7 Å². The van der Waals surface area contributed by atoms with E-state index < -0.39 is 97.5 Å². The average molecular weight is 1270 g/mol. The molecule has 0 rings (SSSR count). The Morgan fingerprint density at radius 2 is 0.558 bits per heavy atom. The van der Waals surface area contributed by atoms with Gasteiger partial charge in [-0.2, -0.15) is 0 Å². The van der Waals surface area contributed by atoms with Crippen molar-refractivity contribution in [2.75, 3.05) is 39.6 Å². The van der Waals surface area contributed by atoms with E-state index in [2.05, 4.69) is 55.4 Å². The number of phosphoric acid groups is 2. The van der Waals surface area contributed by atoms with Crippen LogP contribution in [0.4, 0.5) is 0 Å². The Balaban J connectivity index is 5.23. The molecule has 19 heteroatoms. The Labute approximate surface area is 524 Å². The minimum Gasteiger partial charge on any atom is -0.462 e. The first-order chi connectivity index (χ1) is 41.1. The van der Waals surface area contributed by atoms with E-state index in [1.165, 1.54) is 122 Å². The number of ether oxygens (including phenoxy) is 4. The third kappa shape index (κ3) is 59.7. The first-order valence-electron chi connectivity index (χ1n) is 34.7. The predicted octanol–water partition coefficient (Wildman–Crippen LogP) is 18.5. The van der Waals surface area contributed by atoms with Crippen molar-refractivity contribution in [2.24, 2.45) is 23.7 Å². The zero-order valence-electron chi connectivity index (χ0n) is 55.9. The van der Waals surface area contributed by atoms with Crippen LogP contribution in [0.15, 0.2) is 0 Å². The summed E-state index contributed by atoms with van der Waals surface area (Å²) in [6.07, 6.45) is 37.8. The fourth-order valence-corrected chi connectivity index (χ4v) is 11.5. The number of phosphoric ester groups is 2. The molecule has 0 aliphatic carbocycles. The maximum Gasteiger partial charge on any atom is 0.472 e. The molecule has 0 spiro atoms. The molecular weight excluding hydrogens is 1140 g/mol. The first-order valence-corrected chi connectivity index (χ1v) is 37.7. The molecule has 0 aliphatic heterocycles. The normalized spacial score (nSPS) is 14.7.